The molecule has 28 heavy (non-hydrogen) atoms. The van der Waals surface area contributed by atoms with Gasteiger partial charge in [0.1, 0.15) is 5.75 Å². The molecule has 0 fully saturated rings. The van der Waals surface area contributed by atoms with Crippen LogP contribution in [-0.2, 0) is 0 Å². The second-order valence-electron chi connectivity index (χ2n) is 6.95. The van der Waals surface area contributed by atoms with E-state index < -0.39 is 0 Å². The zero-order chi connectivity index (χ0) is 19.1. The third-order valence-corrected chi connectivity index (χ3v) is 4.47. The molecule has 0 amide bonds. The standard InChI is InChI=1S/C24H25NO2.ClH/c1-25(2)17-6-18-27-22-14-11-21(12-15-22)24(26)16-13-20-9-5-8-19-7-3-4-10-23(19)20;/h3-5,7-16H,6,17-18H2,1-2H3;1H/b16-13+;. The molecule has 0 spiro atoms. The number of rotatable bonds is 8. The van der Waals surface area contributed by atoms with Gasteiger partial charge in [-0.2, -0.15) is 0 Å². The summed E-state index contributed by atoms with van der Waals surface area (Å²) in [7, 11) is 4.26. The molecule has 0 radical (unpaired) electrons. The molecule has 0 saturated heterocycles. The summed E-state index contributed by atoms with van der Waals surface area (Å²) in [5.41, 5.74) is 1.71. The van der Waals surface area contributed by atoms with Gasteiger partial charge in [0, 0.05) is 12.0 Å². The smallest absolute Gasteiger partial charge is 0.185 e. The Balaban J connectivity index is 0.00000280. The van der Waals surface area contributed by atoms with E-state index in [0.717, 1.165) is 29.7 Å². The minimum atomic E-state index is -0.00862. The largest absolute Gasteiger partial charge is 1.00 e. The Hall–Kier alpha value is -2.62. The van der Waals surface area contributed by atoms with Crippen LogP contribution in [0.15, 0.2) is 72.8 Å². The molecule has 1 N–H and O–H groups in total. The second kappa shape index (κ2) is 10.6. The van der Waals surface area contributed by atoms with Crippen molar-refractivity contribution in [2.45, 2.75) is 6.42 Å². The van der Waals surface area contributed by atoms with Gasteiger partial charge in [0.25, 0.3) is 0 Å². The molecule has 0 unspecified atom stereocenters. The summed E-state index contributed by atoms with van der Waals surface area (Å²) in [4.78, 5) is 13.9. The summed E-state index contributed by atoms with van der Waals surface area (Å²) < 4.78 is 5.73. The number of halogens is 1. The zero-order valence-electron chi connectivity index (χ0n) is 16.3. The van der Waals surface area contributed by atoms with Crippen LogP contribution < -0.4 is 22.0 Å². The first kappa shape index (κ1) is 21.7. The van der Waals surface area contributed by atoms with E-state index >= 15 is 0 Å². The van der Waals surface area contributed by atoms with Crippen molar-refractivity contribution in [1.29, 1.82) is 0 Å². The van der Waals surface area contributed by atoms with E-state index in [2.05, 4.69) is 32.3 Å². The lowest BCUT2D eigenvalue weighted by Crippen LogP contribution is -3.05. The number of ketones is 1. The van der Waals surface area contributed by atoms with Gasteiger partial charge in [0.15, 0.2) is 5.78 Å². The highest BCUT2D eigenvalue weighted by Gasteiger charge is 2.04. The average Bonchev–Trinajstić information content (AvgIpc) is 2.69. The van der Waals surface area contributed by atoms with E-state index in [9.17, 15) is 4.79 Å². The lowest BCUT2D eigenvalue weighted by atomic mass is 10.0. The molecule has 3 nitrogen and oxygen atoms in total. The second-order valence-corrected chi connectivity index (χ2v) is 6.95. The molecule has 3 aromatic rings. The van der Waals surface area contributed by atoms with Crippen LogP contribution in [0.2, 0.25) is 0 Å². The highest BCUT2D eigenvalue weighted by Crippen LogP contribution is 2.20. The maximum atomic E-state index is 12.5. The van der Waals surface area contributed by atoms with Crippen molar-refractivity contribution in [3.05, 3.63) is 83.9 Å². The van der Waals surface area contributed by atoms with E-state index in [1.807, 2.05) is 54.6 Å². The van der Waals surface area contributed by atoms with Gasteiger partial charge in [0.2, 0.25) is 0 Å². The summed E-state index contributed by atoms with van der Waals surface area (Å²) >= 11 is 0. The van der Waals surface area contributed by atoms with Gasteiger partial charge in [-0.05, 0) is 46.7 Å². The predicted octanol–water partition coefficient (Wildman–Crippen LogP) is 0.653. The quantitative estimate of drug-likeness (QED) is 0.345. The van der Waals surface area contributed by atoms with Gasteiger partial charge in [-0.25, -0.2) is 0 Å². The molecule has 0 aliphatic carbocycles. The predicted molar refractivity (Wildman–Crippen MR) is 112 cm³/mol. The van der Waals surface area contributed by atoms with Gasteiger partial charge < -0.3 is 22.0 Å². The number of allylic oxidation sites excluding steroid dienone is 1. The molecule has 0 atom stereocenters. The molecule has 3 aromatic carbocycles. The van der Waals surface area contributed by atoms with Crippen molar-refractivity contribution in [2.24, 2.45) is 0 Å². The summed E-state index contributed by atoms with van der Waals surface area (Å²) in [6, 6.07) is 21.7. The first-order chi connectivity index (χ1) is 13.1. The molecule has 3 rings (SSSR count). The Labute approximate surface area is 173 Å². The molecule has 0 saturated carbocycles. The van der Waals surface area contributed by atoms with Gasteiger partial charge in [-0.1, -0.05) is 48.5 Å². The van der Waals surface area contributed by atoms with E-state index in [1.165, 1.54) is 10.3 Å². The van der Waals surface area contributed by atoms with Crippen LogP contribution in [0, 0.1) is 0 Å². The third-order valence-electron chi connectivity index (χ3n) is 4.47. The Kier molecular flexibility index (Phi) is 8.24. The fourth-order valence-corrected chi connectivity index (χ4v) is 2.99. The maximum Gasteiger partial charge on any atom is 0.185 e. The topological polar surface area (TPSA) is 30.7 Å². The lowest BCUT2D eigenvalue weighted by Gasteiger charge is -2.09. The molecular formula is C24H26ClNO2. The Morgan fingerprint density at radius 1 is 0.964 bits per heavy atom. The number of fused-ring (bicyclic) bond motifs is 1. The highest BCUT2D eigenvalue weighted by atomic mass is 35.5. The SMILES string of the molecule is C[NH+](C)CCCOc1ccc(C(=O)/C=C/c2cccc3ccccc23)cc1.[Cl-]. The molecule has 0 aromatic heterocycles. The van der Waals surface area contributed by atoms with E-state index in [0.29, 0.717) is 12.2 Å². The number of hydrogen-bond acceptors (Lipinski definition) is 2. The number of quaternary nitrogens is 1. The fourth-order valence-electron chi connectivity index (χ4n) is 2.99. The van der Waals surface area contributed by atoms with Crippen molar-refractivity contribution < 1.29 is 26.8 Å². The van der Waals surface area contributed by atoms with Crippen molar-refractivity contribution in [3.8, 4) is 5.75 Å². The normalized spacial score (nSPS) is 11.0. The van der Waals surface area contributed by atoms with Crippen LogP contribution >= 0.6 is 0 Å². The number of hydrogen-bond donors (Lipinski definition) is 1. The molecule has 0 aliphatic rings. The van der Waals surface area contributed by atoms with Crippen LogP contribution in [-0.4, -0.2) is 33.0 Å². The number of nitrogens with one attached hydrogen (secondary N) is 1. The third kappa shape index (κ3) is 5.95. The van der Waals surface area contributed by atoms with Crippen LogP contribution in [0.5, 0.6) is 5.75 Å². The molecule has 0 aliphatic heterocycles. The van der Waals surface area contributed by atoms with Crippen LogP contribution in [0.1, 0.15) is 22.3 Å². The number of ether oxygens (including phenoxy) is 1. The van der Waals surface area contributed by atoms with Crippen molar-refractivity contribution in [1.82, 2.24) is 0 Å². The number of benzene rings is 3. The molecule has 0 heterocycles. The lowest BCUT2D eigenvalue weighted by molar-refractivity contribution is -0.858. The fraction of sp³-hybridized carbons (Fsp3) is 0.208. The summed E-state index contributed by atoms with van der Waals surface area (Å²) in [5.74, 6) is 0.795. The minimum absolute atomic E-state index is 0. The summed E-state index contributed by atoms with van der Waals surface area (Å²) in [5, 5.41) is 2.32. The molecule has 146 valence electrons. The first-order valence-electron chi connectivity index (χ1n) is 9.35. The van der Waals surface area contributed by atoms with Gasteiger partial charge >= 0.3 is 0 Å². The first-order valence-corrected chi connectivity index (χ1v) is 9.35. The van der Waals surface area contributed by atoms with Crippen molar-refractivity contribution in [3.63, 3.8) is 0 Å². The van der Waals surface area contributed by atoms with E-state index in [-0.39, 0.29) is 18.2 Å². The monoisotopic (exact) mass is 395 g/mol. The highest BCUT2D eigenvalue weighted by molar-refractivity contribution is 6.07. The minimum Gasteiger partial charge on any atom is -1.00 e. The number of carbonyl (C=O) groups is 1. The Bertz CT molecular complexity index is 927. The Morgan fingerprint density at radius 3 is 2.43 bits per heavy atom. The van der Waals surface area contributed by atoms with Gasteiger partial charge in [0.05, 0.1) is 27.2 Å². The zero-order valence-corrected chi connectivity index (χ0v) is 17.1. The van der Waals surface area contributed by atoms with E-state index in [4.69, 9.17) is 4.74 Å². The van der Waals surface area contributed by atoms with Crippen LogP contribution in [0.3, 0.4) is 0 Å². The molecular weight excluding hydrogens is 370 g/mol. The van der Waals surface area contributed by atoms with E-state index in [1.54, 1.807) is 6.08 Å². The van der Waals surface area contributed by atoms with Crippen LogP contribution in [0.4, 0.5) is 0 Å². The Morgan fingerprint density at radius 2 is 1.68 bits per heavy atom. The average molecular weight is 396 g/mol. The summed E-state index contributed by atoms with van der Waals surface area (Å²) in [6.45, 7) is 1.77. The molecule has 0 bridgehead atoms. The summed E-state index contributed by atoms with van der Waals surface area (Å²) in [6.07, 6.45) is 4.53. The van der Waals surface area contributed by atoms with Crippen LogP contribution in [0.25, 0.3) is 16.8 Å². The van der Waals surface area contributed by atoms with Crippen molar-refractivity contribution in [2.75, 3.05) is 27.2 Å². The van der Waals surface area contributed by atoms with Crippen molar-refractivity contribution >= 4 is 22.6 Å². The van der Waals surface area contributed by atoms with Gasteiger partial charge in [-0.15, -0.1) is 0 Å². The molecule has 4 heteroatoms. The number of carbonyl (C=O) groups excluding carboxylic acids is 1. The maximum absolute atomic E-state index is 12.5. The van der Waals surface area contributed by atoms with Gasteiger partial charge in [-0.3, -0.25) is 4.79 Å².